The first-order chi connectivity index (χ1) is 10.0. The molecule has 0 aliphatic rings. The quantitative estimate of drug-likeness (QED) is 0.604. The van der Waals surface area contributed by atoms with Crippen LogP contribution in [-0.2, 0) is 9.59 Å². The van der Waals surface area contributed by atoms with Crippen LogP contribution in [0.1, 0.15) is 43.0 Å². The number of aliphatic carboxylic acids is 1. The Labute approximate surface area is 127 Å². The maximum absolute atomic E-state index is 11.6. The number of thiophene rings is 1. The van der Waals surface area contributed by atoms with Crippen LogP contribution >= 0.6 is 11.3 Å². The first-order valence-corrected chi connectivity index (χ1v) is 7.81. The molecular formula is C14H20N2O4S. The van der Waals surface area contributed by atoms with Gasteiger partial charge in [-0.05, 0) is 24.3 Å². The van der Waals surface area contributed by atoms with Crippen molar-refractivity contribution in [3.8, 4) is 0 Å². The summed E-state index contributed by atoms with van der Waals surface area (Å²) in [5.41, 5.74) is 0.610. The molecule has 1 atom stereocenters. The van der Waals surface area contributed by atoms with Crippen molar-refractivity contribution in [1.29, 1.82) is 0 Å². The van der Waals surface area contributed by atoms with Gasteiger partial charge in [-0.2, -0.15) is 11.3 Å². The van der Waals surface area contributed by atoms with Gasteiger partial charge in [-0.3, -0.25) is 9.59 Å². The fraction of sp³-hybridized carbons (Fsp3) is 0.500. The van der Waals surface area contributed by atoms with E-state index >= 15 is 0 Å². The van der Waals surface area contributed by atoms with Crippen molar-refractivity contribution in [2.45, 2.75) is 38.6 Å². The van der Waals surface area contributed by atoms with Gasteiger partial charge in [0.15, 0.2) is 0 Å². The fourth-order valence-corrected chi connectivity index (χ4v) is 2.40. The Balaban J connectivity index is 2.21. The molecule has 21 heavy (non-hydrogen) atoms. The van der Waals surface area contributed by atoms with Gasteiger partial charge in [-0.25, -0.2) is 4.79 Å². The van der Waals surface area contributed by atoms with Crippen LogP contribution in [0.15, 0.2) is 16.8 Å². The van der Waals surface area contributed by atoms with Gasteiger partial charge >= 0.3 is 5.97 Å². The summed E-state index contributed by atoms with van der Waals surface area (Å²) in [6.45, 7) is 2.25. The third-order valence-electron chi connectivity index (χ3n) is 2.86. The molecule has 0 aliphatic carbocycles. The lowest BCUT2D eigenvalue weighted by Crippen LogP contribution is -2.40. The van der Waals surface area contributed by atoms with Crippen molar-refractivity contribution in [2.24, 2.45) is 0 Å². The molecule has 1 heterocycles. The van der Waals surface area contributed by atoms with Crippen molar-refractivity contribution in [3.63, 3.8) is 0 Å². The molecular weight excluding hydrogens is 292 g/mol. The van der Waals surface area contributed by atoms with E-state index < -0.39 is 12.0 Å². The van der Waals surface area contributed by atoms with Crippen LogP contribution in [0.25, 0.3) is 0 Å². The van der Waals surface area contributed by atoms with E-state index in [1.54, 1.807) is 11.4 Å². The number of carboxylic acids is 1. The monoisotopic (exact) mass is 312 g/mol. The molecule has 0 aliphatic heterocycles. The molecule has 0 radical (unpaired) electrons. The average Bonchev–Trinajstić information content (AvgIpc) is 2.97. The van der Waals surface area contributed by atoms with Gasteiger partial charge in [0.1, 0.15) is 6.04 Å². The van der Waals surface area contributed by atoms with E-state index in [0.717, 1.165) is 0 Å². The Hall–Kier alpha value is -1.89. The molecule has 0 bridgehead atoms. The minimum atomic E-state index is -1.02. The van der Waals surface area contributed by atoms with Gasteiger partial charge in [0.25, 0.3) is 5.91 Å². The molecule has 2 amide bonds. The zero-order valence-electron chi connectivity index (χ0n) is 11.9. The Morgan fingerprint density at radius 3 is 2.71 bits per heavy atom. The number of hydrogen-bond donors (Lipinski definition) is 3. The van der Waals surface area contributed by atoms with Crippen LogP contribution < -0.4 is 10.6 Å². The van der Waals surface area contributed by atoms with E-state index in [2.05, 4.69) is 10.6 Å². The molecule has 116 valence electrons. The SMILES string of the molecule is CCCC(NC(=O)CCCNC(=O)c1ccsc1)C(=O)O. The lowest BCUT2D eigenvalue weighted by molar-refractivity contribution is -0.142. The van der Waals surface area contributed by atoms with Gasteiger partial charge in [0.2, 0.25) is 5.91 Å². The van der Waals surface area contributed by atoms with E-state index in [0.29, 0.717) is 31.4 Å². The molecule has 0 saturated carbocycles. The van der Waals surface area contributed by atoms with Crippen LogP contribution in [0.4, 0.5) is 0 Å². The lowest BCUT2D eigenvalue weighted by Gasteiger charge is -2.13. The van der Waals surface area contributed by atoms with E-state index in [1.807, 2.05) is 12.3 Å². The minimum absolute atomic E-state index is 0.161. The van der Waals surface area contributed by atoms with Gasteiger partial charge in [-0.1, -0.05) is 13.3 Å². The van der Waals surface area contributed by atoms with Gasteiger partial charge in [0, 0.05) is 23.9 Å². The molecule has 1 aromatic rings. The molecule has 1 aromatic heterocycles. The molecule has 1 unspecified atom stereocenters. The zero-order chi connectivity index (χ0) is 15.7. The summed E-state index contributed by atoms with van der Waals surface area (Å²) in [4.78, 5) is 34.1. The maximum Gasteiger partial charge on any atom is 0.326 e. The number of rotatable bonds is 9. The predicted molar refractivity (Wildman–Crippen MR) is 80.4 cm³/mol. The molecule has 7 heteroatoms. The predicted octanol–water partition coefficient (Wildman–Crippen LogP) is 1.63. The van der Waals surface area contributed by atoms with Crippen LogP contribution in [0.5, 0.6) is 0 Å². The minimum Gasteiger partial charge on any atom is -0.480 e. The van der Waals surface area contributed by atoms with Crippen molar-refractivity contribution in [1.82, 2.24) is 10.6 Å². The first kappa shape index (κ1) is 17.2. The highest BCUT2D eigenvalue weighted by molar-refractivity contribution is 7.08. The first-order valence-electron chi connectivity index (χ1n) is 6.87. The average molecular weight is 312 g/mol. The highest BCUT2D eigenvalue weighted by Gasteiger charge is 2.18. The summed E-state index contributed by atoms with van der Waals surface area (Å²) < 4.78 is 0. The van der Waals surface area contributed by atoms with Gasteiger partial charge in [-0.15, -0.1) is 0 Å². The third-order valence-corrected chi connectivity index (χ3v) is 3.54. The Kier molecular flexibility index (Phi) is 7.45. The van der Waals surface area contributed by atoms with E-state index in [-0.39, 0.29) is 18.2 Å². The summed E-state index contributed by atoms with van der Waals surface area (Å²) in [6.07, 6.45) is 1.77. The number of carbonyl (C=O) groups excluding carboxylic acids is 2. The van der Waals surface area contributed by atoms with Crippen LogP contribution in [0.2, 0.25) is 0 Å². The van der Waals surface area contributed by atoms with E-state index in [1.165, 1.54) is 11.3 Å². The second-order valence-corrected chi connectivity index (χ2v) is 5.40. The standard InChI is InChI=1S/C14H20N2O4S/c1-2-4-11(14(19)20)16-12(17)5-3-7-15-13(18)10-6-8-21-9-10/h6,8-9,11H,2-5,7H2,1H3,(H,15,18)(H,16,17)(H,19,20). The van der Waals surface area contributed by atoms with E-state index in [4.69, 9.17) is 5.11 Å². The van der Waals surface area contributed by atoms with Crippen molar-refractivity contribution < 1.29 is 19.5 Å². The van der Waals surface area contributed by atoms with E-state index in [9.17, 15) is 14.4 Å². The van der Waals surface area contributed by atoms with Crippen LogP contribution in [-0.4, -0.2) is 35.5 Å². The summed E-state index contributed by atoms with van der Waals surface area (Å²) in [5.74, 6) is -1.48. The smallest absolute Gasteiger partial charge is 0.326 e. The van der Waals surface area contributed by atoms with Crippen molar-refractivity contribution in [3.05, 3.63) is 22.4 Å². The highest BCUT2D eigenvalue weighted by Crippen LogP contribution is 2.05. The lowest BCUT2D eigenvalue weighted by atomic mass is 10.1. The second-order valence-electron chi connectivity index (χ2n) is 4.62. The van der Waals surface area contributed by atoms with Gasteiger partial charge < -0.3 is 15.7 Å². The number of hydrogen-bond acceptors (Lipinski definition) is 4. The Morgan fingerprint density at radius 1 is 1.38 bits per heavy atom. The summed E-state index contributed by atoms with van der Waals surface area (Å²) >= 11 is 1.45. The van der Waals surface area contributed by atoms with Crippen LogP contribution in [0, 0.1) is 0 Å². The molecule has 0 aromatic carbocycles. The number of amides is 2. The second kappa shape index (κ2) is 9.12. The number of carboxylic acid groups (broad SMARTS) is 1. The molecule has 0 saturated heterocycles. The summed E-state index contributed by atoms with van der Waals surface area (Å²) in [5, 5.41) is 17.7. The molecule has 6 nitrogen and oxygen atoms in total. The highest BCUT2D eigenvalue weighted by atomic mass is 32.1. The summed E-state index contributed by atoms with van der Waals surface area (Å²) in [7, 11) is 0. The Bertz CT molecular complexity index is 473. The molecule has 1 rings (SSSR count). The normalized spacial score (nSPS) is 11.7. The molecule has 0 spiro atoms. The topological polar surface area (TPSA) is 95.5 Å². The van der Waals surface area contributed by atoms with Crippen LogP contribution in [0.3, 0.4) is 0 Å². The fourth-order valence-electron chi connectivity index (χ4n) is 1.76. The molecule has 0 fully saturated rings. The largest absolute Gasteiger partial charge is 0.480 e. The number of carbonyl (C=O) groups is 3. The molecule has 3 N–H and O–H groups in total. The van der Waals surface area contributed by atoms with Gasteiger partial charge in [0.05, 0.1) is 0 Å². The van der Waals surface area contributed by atoms with Crippen molar-refractivity contribution in [2.75, 3.05) is 6.54 Å². The Morgan fingerprint density at radius 2 is 2.14 bits per heavy atom. The third kappa shape index (κ3) is 6.40. The summed E-state index contributed by atoms with van der Waals surface area (Å²) in [6, 6.07) is 0.900. The number of nitrogens with one attached hydrogen (secondary N) is 2. The maximum atomic E-state index is 11.6. The zero-order valence-corrected chi connectivity index (χ0v) is 12.7. The van der Waals surface area contributed by atoms with Crippen molar-refractivity contribution >= 4 is 29.1 Å².